The van der Waals surface area contributed by atoms with Gasteiger partial charge in [0, 0.05) is 12.5 Å². The predicted octanol–water partition coefficient (Wildman–Crippen LogP) is 2.74. The maximum atomic E-state index is 12.5. The zero-order valence-corrected chi connectivity index (χ0v) is 14.9. The van der Waals surface area contributed by atoms with E-state index in [1.165, 1.54) is 32.1 Å². The molecule has 136 valence electrons. The molecule has 0 unspecified atom stereocenters. The standard InChI is InChI=1S/C18H26N4O3/c1-10-18(22(24)25)11(2)21(20-10)4-3-16(23)19-17-14-6-12-5-13(8-14)9-15(17)7-12/h12-15,17H,3-9H2,1-2H3,(H,19,23). The van der Waals surface area contributed by atoms with Crippen molar-refractivity contribution in [3.8, 4) is 0 Å². The van der Waals surface area contributed by atoms with Gasteiger partial charge < -0.3 is 5.32 Å². The minimum absolute atomic E-state index is 0.0488. The zero-order chi connectivity index (χ0) is 17.7. The lowest BCUT2D eigenvalue weighted by atomic mass is 9.54. The van der Waals surface area contributed by atoms with Gasteiger partial charge in [0.05, 0.1) is 11.5 Å². The first-order chi connectivity index (χ1) is 11.9. The van der Waals surface area contributed by atoms with Gasteiger partial charge in [0.1, 0.15) is 11.4 Å². The number of hydrogen-bond donors (Lipinski definition) is 1. The van der Waals surface area contributed by atoms with Crippen LogP contribution in [0.3, 0.4) is 0 Å². The van der Waals surface area contributed by atoms with Gasteiger partial charge in [-0.1, -0.05) is 0 Å². The van der Waals surface area contributed by atoms with Crippen LogP contribution in [0, 0.1) is 47.6 Å². The molecule has 7 heteroatoms. The molecule has 0 atom stereocenters. The number of amides is 1. The smallest absolute Gasteiger partial charge is 0.312 e. The van der Waals surface area contributed by atoms with Crippen molar-refractivity contribution in [1.82, 2.24) is 15.1 Å². The lowest BCUT2D eigenvalue weighted by Gasteiger charge is -2.54. The Morgan fingerprint density at radius 1 is 1.20 bits per heavy atom. The Morgan fingerprint density at radius 3 is 2.32 bits per heavy atom. The highest BCUT2D eigenvalue weighted by molar-refractivity contribution is 5.76. The number of carbonyl (C=O) groups is 1. The van der Waals surface area contributed by atoms with Crippen LogP contribution in [0.15, 0.2) is 0 Å². The fraction of sp³-hybridized carbons (Fsp3) is 0.778. The van der Waals surface area contributed by atoms with E-state index < -0.39 is 4.92 Å². The molecule has 0 radical (unpaired) electrons. The van der Waals surface area contributed by atoms with E-state index in [2.05, 4.69) is 10.4 Å². The van der Waals surface area contributed by atoms with Gasteiger partial charge in [-0.25, -0.2) is 0 Å². The summed E-state index contributed by atoms with van der Waals surface area (Å²) in [7, 11) is 0. The highest BCUT2D eigenvalue weighted by Crippen LogP contribution is 2.53. The predicted molar refractivity (Wildman–Crippen MR) is 91.9 cm³/mol. The Labute approximate surface area is 147 Å². The van der Waals surface area contributed by atoms with Crippen molar-refractivity contribution in [3.63, 3.8) is 0 Å². The topological polar surface area (TPSA) is 90.1 Å². The number of nitrogens with one attached hydrogen (secondary N) is 1. The minimum atomic E-state index is -0.400. The van der Waals surface area contributed by atoms with Crippen molar-refractivity contribution in [2.75, 3.05) is 0 Å². The summed E-state index contributed by atoms with van der Waals surface area (Å²) in [6.07, 6.45) is 6.85. The lowest BCUT2D eigenvalue weighted by molar-refractivity contribution is -0.386. The molecule has 0 spiro atoms. The summed E-state index contributed by atoms with van der Waals surface area (Å²) in [5.74, 6) is 3.16. The number of nitro groups is 1. The van der Waals surface area contributed by atoms with Crippen LogP contribution >= 0.6 is 0 Å². The Balaban J connectivity index is 1.36. The van der Waals surface area contributed by atoms with E-state index in [1.54, 1.807) is 18.5 Å². The maximum Gasteiger partial charge on any atom is 0.312 e. The van der Waals surface area contributed by atoms with Crippen molar-refractivity contribution in [3.05, 3.63) is 21.5 Å². The number of rotatable bonds is 5. The first kappa shape index (κ1) is 16.5. The zero-order valence-electron chi connectivity index (χ0n) is 14.9. The normalized spacial score (nSPS) is 32.8. The third-order valence-electron chi connectivity index (χ3n) is 6.63. The van der Waals surface area contributed by atoms with Crippen molar-refractivity contribution in [2.45, 2.75) is 65.0 Å². The molecule has 1 heterocycles. The monoisotopic (exact) mass is 346 g/mol. The van der Waals surface area contributed by atoms with Gasteiger partial charge in [-0.3, -0.25) is 19.6 Å². The van der Waals surface area contributed by atoms with E-state index >= 15 is 0 Å². The second-order valence-electron chi connectivity index (χ2n) is 8.27. The number of carbonyl (C=O) groups excluding carboxylic acids is 1. The van der Waals surface area contributed by atoms with E-state index in [4.69, 9.17) is 0 Å². The molecule has 25 heavy (non-hydrogen) atoms. The van der Waals surface area contributed by atoms with Gasteiger partial charge in [0.15, 0.2) is 0 Å². The molecule has 1 aromatic rings. The molecule has 4 fully saturated rings. The molecule has 4 aliphatic rings. The van der Waals surface area contributed by atoms with Crippen LogP contribution in [-0.2, 0) is 11.3 Å². The Kier molecular flexibility index (Phi) is 4.04. The highest BCUT2D eigenvalue weighted by Gasteiger charge is 2.48. The van der Waals surface area contributed by atoms with Gasteiger partial charge >= 0.3 is 5.69 Å². The summed E-state index contributed by atoms with van der Waals surface area (Å²) in [6.45, 7) is 3.71. The molecule has 4 aliphatic carbocycles. The van der Waals surface area contributed by atoms with Crippen LogP contribution in [0.2, 0.25) is 0 Å². The number of aryl methyl sites for hydroxylation is 2. The van der Waals surface area contributed by atoms with Gasteiger partial charge in [0.2, 0.25) is 5.91 Å². The molecule has 1 aromatic heterocycles. The van der Waals surface area contributed by atoms with Crippen LogP contribution in [0.5, 0.6) is 0 Å². The van der Waals surface area contributed by atoms with Crippen LogP contribution in [0.1, 0.15) is 49.9 Å². The molecule has 0 aliphatic heterocycles. The molecule has 4 saturated carbocycles. The van der Waals surface area contributed by atoms with Gasteiger partial charge in [-0.15, -0.1) is 0 Å². The molecule has 1 N–H and O–H groups in total. The quantitative estimate of drug-likeness (QED) is 0.655. The second kappa shape index (κ2) is 6.11. The van der Waals surface area contributed by atoms with Gasteiger partial charge in [-0.05, 0) is 69.6 Å². The Hall–Kier alpha value is -1.92. The van der Waals surface area contributed by atoms with Crippen molar-refractivity contribution in [1.29, 1.82) is 0 Å². The van der Waals surface area contributed by atoms with Gasteiger partial charge in [0.25, 0.3) is 0 Å². The van der Waals surface area contributed by atoms with E-state index in [-0.39, 0.29) is 11.6 Å². The van der Waals surface area contributed by atoms with E-state index in [9.17, 15) is 14.9 Å². The molecule has 1 amide bonds. The molecule has 0 aromatic carbocycles. The molecular formula is C18H26N4O3. The molecule has 7 nitrogen and oxygen atoms in total. The summed E-state index contributed by atoms with van der Waals surface area (Å²) in [4.78, 5) is 23.1. The number of hydrogen-bond acceptors (Lipinski definition) is 4. The largest absolute Gasteiger partial charge is 0.353 e. The lowest BCUT2D eigenvalue weighted by Crippen LogP contribution is -2.55. The van der Waals surface area contributed by atoms with Crippen LogP contribution < -0.4 is 5.32 Å². The molecule has 5 rings (SSSR count). The molecule has 0 saturated heterocycles. The van der Waals surface area contributed by atoms with Crippen molar-refractivity contribution in [2.24, 2.45) is 23.7 Å². The fourth-order valence-electron chi connectivity index (χ4n) is 5.80. The summed E-state index contributed by atoms with van der Waals surface area (Å²) >= 11 is 0. The van der Waals surface area contributed by atoms with E-state index in [0.717, 1.165) is 11.8 Å². The Morgan fingerprint density at radius 2 is 1.80 bits per heavy atom. The summed E-state index contributed by atoms with van der Waals surface area (Å²) < 4.78 is 1.59. The third-order valence-corrected chi connectivity index (χ3v) is 6.63. The maximum absolute atomic E-state index is 12.5. The first-order valence-electron chi connectivity index (χ1n) is 9.40. The fourth-order valence-corrected chi connectivity index (χ4v) is 5.80. The minimum Gasteiger partial charge on any atom is -0.353 e. The number of aromatic nitrogens is 2. The molecule has 4 bridgehead atoms. The van der Waals surface area contributed by atoms with Crippen LogP contribution in [0.4, 0.5) is 5.69 Å². The second-order valence-corrected chi connectivity index (χ2v) is 8.27. The molecular weight excluding hydrogens is 320 g/mol. The van der Waals surface area contributed by atoms with Crippen molar-refractivity contribution >= 4 is 11.6 Å². The average molecular weight is 346 g/mol. The first-order valence-corrected chi connectivity index (χ1v) is 9.40. The third kappa shape index (κ3) is 2.93. The SMILES string of the molecule is Cc1nn(CCC(=O)NC2C3CC4CC(C3)CC2C4)c(C)c1[N+](=O)[O-]. The van der Waals surface area contributed by atoms with Crippen LogP contribution in [0.25, 0.3) is 0 Å². The van der Waals surface area contributed by atoms with Crippen LogP contribution in [-0.4, -0.2) is 26.7 Å². The van der Waals surface area contributed by atoms with E-state index in [1.807, 2.05) is 0 Å². The number of nitrogens with zero attached hydrogens (tertiary/aromatic N) is 3. The highest BCUT2D eigenvalue weighted by atomic mass is 16.6. The summed E-state index contributed by atoms with van der Waals surface area (Å²) in [5.41, 5.74) is 0.982. The van der Waals surface area contributed by atoms with Crippen molar-refractivity contribution < 1.29 is 9.72 Å². The summed E-state index contributed by atoms with van der Waals surface area (Å²) in [5, 5.41) is 18.6. The van der Waals surface area contributed by atoms with E-state index in [0.29, 0.717) is 42.2 Å². The summed E-state index contributed by atoms with van der Waals surface area (Å²) in [6, 6.07) is 0.343. The van der Waals surface area contributed by atoms with Gasteiger partial charge in [-0.2, -0.15) is 5.10 Å². The Bertz CT molecular complexity index is 683. The average Bonchev–Trinajstić information content (AvgIpc) is 2.82.